The van der Waals surface area contributed by atoms with Crippen LogP contribution < -0.4 is 10.6 Å². The molecule has 8 rings (SSSR count). The molecular formula is C45H54N8O6. The number of likely N-dealkylation sites (tertiary alicyclic amines) is 2. The highest BCUT2D eigenvalue weighted by Gasteiger charge is 2.55. The SMILES string of the molecule is COC(=O)N[C@H](C(=O)N1CC2(CC2)C[C@H]1c1ncc(-c2ccc(C#Cc3ccc4nc([C@@H]5C[C@H](C6CC6)CN5C(=O)[C@@H](NC(=O)OC)C(C)C)[nH]c4c3)cc2)[nH]1)C(C)C. The maximum atomic E-state index is 14.0. The Bertz CT molecular complexity index is 2290. The summed E-state index contributed by atoms with van der Waals surface area (Å²) in [5.41, 5.74) is 5.26. The van der Waals surface area contributed by atoms with Crippen molar-refractivity contribution in [2.75, 3.05) is 27.3 Å². The van der Waals surface area contributed by atoms with E-state index in [4.69, 9.17) is 19.4 Å². The molecule has 2 saturated heterocycles. The van der Waals surface area contributed by atoms with E-state index in [1.807, 2.05) is 86.2 Å². The molecule has 4 heterocycles. The van der Waals surface area contributed by atoms with Crippen LogP contribution in [0.4, 0.5) is 9.59 Å². The molecule has 14 nitrogen and oxygen atoms in total. The number of aromatic nitrogens is 4. The Hall–Kier alpha value is -5.84. The fourth-order valence-corrected chi connectivity index (χ4v) is 8.90. The van der Waals surface area contributed by atoms with Gasteiger partial charge in [0.25, 0.3) is 0 Å². The zero-order chi connectivity index (χ0) is 41.6. The molecular weight excluding hydrogens is 749 g/mol. The van der Waals surface area contributed by atoms with Crippen LogP contribution in [-0.2, 0) is 19.1 Å². The standard InChI is InChI=1S/C45H54N8O6/c1-25(2)37(50-43(56)58-5)41(54)52-23-31(29-14-15-29)20-35(52)40-47-32-16-11-28(19-33(32)48-40)8-7-27-9-12-30(13-10-27)34-22-46-39(49-34)36-21-45(17-18-45)24-53(36)42(55)38(26(3)4)51-44(57)59-6/h9-13,16,19,22,25-26,29,31,35-38H,14-15,17-18,20-21,23-24H2,1-6H3,(H,46,49)(H,47,48)(H,50,56)(H,51,57)/t31-,35-,36-,37-,38-/m0/s1. The number of nitrogens with one attached hydrogen (secondary N) is 4. The number of carbonyl (C=O) groups is 4. The van der Waals surface area contributed by atoms with E-state index in [-0.39, 0.29) is 41.1 Å². The molecule has 0 bridgehead atoms. The molecule has 14 heteroatoms. The second-order valence-corrected chi connectivity index (χ2v) is 17.6. The third-order valence-electron chi connectivity index (χ3n) is 12.7. The molecule has 1 spiro atoms. The van der Waals surface area contributed by atoms with E-state index in [1.54, 1.807) is 0 Å². The topological polar surface area (TPSA) is 175 Å². The number of hydrogen-bond acceptors (Lipinski definition) is 8. The van der Waals surface area contributed by atoms with Crippen molar-refractivity contribution in [2.24, 2.45) is 29.1 Å². The van der Waals surface area contributed by atoms with Crippen molar-refractivity contribution in [3.8, 4) is 23.1 Å². The van der Waals surface area contributed by atoms with Crippen LogP contribution in [0.1, 0.15) is 101 Å². The highest BCUT2D eigenvalue weighted by molar-refractivity contribution is 5.87. The quantitative estimate of drug-likeness (QED) is 0.132. The van der Waals surface area contributed by atoms with Crippen LogP contribution in [0.25, 0.3) is 22.3 Å². The van der Waals surface area contributed by atoms with Crippen molar-refractivity contribution in [3.63, 3.8) is 0 Å². The fourth-order valence-electron chi connectivity index (χ4n) is 8.90. The van der Waals surface area contributed by atoms with Crippen LogP contribution in [0.5, 0.6) is 0 Å². The summed E-state index contributed by atoms with van der Waals surface area (Å²) in [5, 5.41) is 5.49. The number of amides is 4. The molecule has 0 radical (unpaired) electrons. The van der Waals surface area contributed by atoms with Crippen LogP contribution in [0.15, 0.2) is 48.7 Å². The molecule has 4 aromatic rings. The molecule has 2 aliphatic heterocycles. The van der Waals surface area contributed by atoms with Gasteiger partial charge in [-0.05, 0) is 104 Å². The minimum atomic E-state index is -0.697. The first-order valence-electron chi connectivity index (χ1n) is 20.8. The van der Waals surface area contributed by atoms with Gasteiger partial charge in [-0.15, -0.1) is 0 Å². The average molecular weight is 803 g/mol. The number of benzene rings is 2. The van der Waals surface area contributed by atoms with E-state index in [2.05, 4.69) is 32.4 Å². The normalized spacial score (nSPS) is 21.7. The van der Waals surface area contributed by atoms with Crippen LogP contribution in [0, 0.1) is 40.9 Å². The minimum absolute atomic E-state index is 0.109. The van der Waals surface area contributed by atoms with Gasteiger partial charge in [0.15, 0.2) is 0 Å². The average Bonchev–Trinajstić information content (AvgIpc) is 3.95. The maximum absolute atomic E-state index is 14.0. The van der Waals surface area contributed by atoms with Crippen molar-refractivity contribution in [1.82, 2.24) is 40.4 Å². The van der Waals surface area contributed by atoms with Crippen molar-refractivity contribution in [2.45, 2.75) is 90.4 Å². The number of carbonyl (C=O) groups excluding carboxylic acids is 4. The zero-order valence-electron chi connectivity index (χ0n) is 34.6. The Morgan fingerprint density at radius 1 is 0.797 bits per heavy atom. The molecule has 2 aliphatic carbocycles. The van der Waals surface area contributed by atoms with Gasteiger partial charge in [-0.2, -0.15) is 0 Å². The van der Waals surface area contributed by atoms with Gasteiger partial charge < -0.3 is 39.9 Å². The summed E-state index contributed by atoms with van der Waals surface area (Å²) in [4.78, 5) is 72.5. The first-order chi connectivity index (χ1) is 28.3. The van der Waals surface area contributed by atoms with Crippen molar-refractivity contribution >= 4 is 35.0 Å². The first-order valence-corrected chi connectivity index (χ1v) is 20.8. The molecule has 2 aromatic carbocycles. The third-order valence-corrected chi connectivity index (χ3v) is 12.7. The van der Waals surface area contributed by atoms with Gasteiger partial charge in [0.1, 0.15) is 23.7 Å². The number of ether oxygens (including phenoxy) is 2. The lowest BCUT2D eigenvalue weighted by Gasteiger charge is -2.30. The third kappa shape index (κ3) is 8.38. The van der Waals surface area contributed by atoms with Crippen molar-refractivity contribution in [3.05, 3.63) is 71.4 Å². The fraction of sp³-hybridized carbons (Fsp3) is 0.511. The number of methoxy groups -OCH3 is 2. The first kappa shape index (κ1) is 40.0. The van der Waals surface area contributed by atoms with Crippen LogP contribution >= 0.6 is 0 Å². The summed E-state index contributed by atoms with van der Waals surface area (Å²) >= 11 is 0. The van der Waals surface area contributed by atoms with Crippen LogP contribution in [-0.4, -0.2) is 93.1 Å². The molecule has 4 fully saturated rings. The molecule has 2 aromatic heterocycles. The number of aromatic amines is 2. The predicted molar refractivity (Wildman–Crippen MR) is 220 cm³/mol. The van der Waals surface area contributed by atoms with Crippen molar-refractivity contribution in [1.29, 1.82) is 0 Å². The number of alkyl carbamates (subject to hydrolysis) is 2. The second-order valence-electron chi connectivity index (χ2n) is 17.6. The number of hydrogen-bond donors (Lipinski definition) is 4. The Kier molecular flexibility index (Phi) is 10.9. The van der Waals surface area contributed by atoms with E-state index in [9.17, 15) is 19.2 Å². The summed E-state index contributed by atoms with van der Waals surface area (Å²) in [6, 6.07) is 12.1. The molecule has 310 valence electrons. The van der Waals surface area contributed by atoms with Crippen LogP contribution in [0.3, 0.4) is 0 Å². The molecule has 0 unspecified atom stereocenters. The summed E-state index contributed by atoms with van der Waals surface area (Å²) in [6.07, 6.45) is 6.77. The van der Waals surface area contributed by atoms with Gasteiger partial charge >= 0.3 is 12.2 Å². The summed E-state index contributed by atoms with van der Waals surface area (Å²) in [5.74, 6) is 8.63. The summed E-state index contributed by atoms with van der Waals surface area (Å²) in [7, 11) is 2.60. The Morgan fingerprint density at radius 2 is 1.42 bits per heavy atom. The lowest BCUT2D eigenvalue weighted by atomic mass is 10.0. The number of H-pyrrole nitrogens is 2. The zero-order valence-corrected chi connectivity index (χ0v) is 34.6. The number of rotatable bonds is 10. The van der Waals surface area contributed by atoms with Gasteiger partial charge in [0.05, 0.1) is 49.2 Å². The molecule has 5 atom stereocenters. The molecule has 59 heavy (non-hydrogen) atoms. The lowest BCUT2D eigenvalue weighted by Crippen LogP contribution is -2.51. The Labute approximate surface area is 344 Å². The smallest absolute Gasteiger partial charge is 0.407 e. The van der Waals surface area contributed by atoms with E-state index in [0.29, 0.717) is 24.9 Å². The number of imidazole rings is 2. The highest BCUT2D eigenvalue weighted by Crippen LogP contribution is 2.58. The highest BCUT2D eigenvalue weighted by atomic mass is 16.5. The largest absolute Gasteiger partial charge is 0.453 e. The Balaban J connectivity index is 0.959. The van der Waals surface area contributed by atoms with Crippen LogP contribution in [0.2, 0.25) is 0 Å². The van der Waals surface area contributed by atoms with Gasteiger partial charge in [0.2, 0.25) is 11.8 Å². The van der Waals surface area contributed by atoms with E-state index < -0.39 is 24.3 Å². The van der Waals surface area contributed by atoms with E-state index in [0.717, 1.165) is 70.7 Å². The maximum Gasteiger partial charge on any atom is 0.407 e. The summed E-state index contributed by atoms with van der Waals surface area (Å²) in [6.45, 7) is 8.97. The molecule has 4 amide bonds. The summed E-state index contributed by atoms with van der Waals surface area (Å²) < 4.78 is 9.63. The van der Waals surface area contributed by atoms with E-state index in [1.165, 1.54) is 27.1 Å². The number of fused-ring (bicyclic) bond motifs is 1. The minimum Gasteiger partial charge on any atom is -0.453 e. The number of nitrogens with zero attached hydrogens (tertiary/aromatic N) is 4. The van der Waals surface area contributed by atoms with Gasteiger partial charge in [-0.1, -0.05) is 51.7 Å². The monoisotopic (exact) mass is 802 g/mol. The van der Waals surface area contributed by atoms with E-state index >= 15 is 0 Å². The second kappa shape index (κ2) is 16.1. The van der Waals surface area contributed by atoms with Gasteiger partial charge in [-0.25, -0.2) is 19.6 Å². The van der Waals surface area contributed by atoms with Gasteiger partial charge in [0, 0.05) is 24.2 Å². The van der Waals surface area contributed by atoms with Crippen molar-refractivity contribution < 1.29 is 28.7 Å². The van der Waals surface area contributed by atoms with Gasteiger partial charge in [-0.3, -0.25) is 9.59 Å². The Morgan fingerprint density at radius 3 is 2.03 bits per heavy atom. The predicted octanol–water partition coefficient (Wildman–Crippen LogP) is 6.47. The lowest BCUT2D eigenvalue weighted by molar-refractivity contribution is -0.136. The molecule has 2 saturated carbocycles. The molecule has 4 N–H and O–H groups in total. The molecule has 4 aliphatic rings.